The zero-order valence-electron chi connectivity index (χ0n) is 13.9. The molecule has 1 aliphatic carbocycles. The Morgan fingerprint density at radius 1 is 1.38 bits per heavy atom. The Morgan fingerprint density at radius 2 is 2.21 bits per heavy atom. The number of hydrogen-bond donors (Lipinski definition) is 2. The summed E-state index contributed by atoms with van der Waals surface area (Å²) in [6.07, 6.45) is 8.24. The lowest BCUT2D eigenvalue weighted by atomic mass is 9.97. The van der Waals surface area contributed by atoms with E-state index < -0.39 is 0 Å². The molecule has 0 fully saturated rings. The zero-order chi connectivity index (χ0) is 17.4. The number of thiocarbonyl (C=S) groups is 1. The summed E-state index contributed by atoms with van der Waals surface area (Å²) in [6, 6.07) is 5.23. The summed E-state index contributed by atoms with van der Waals surface area (Å²) in [4.78, 5) is 12.2. The van der Waals surface area contributed by atoms with Gasteiger partial charge in [0.25, 0.3) is 5.91 Å². The number of rotatable bonds is 6. The minimum absolute atomic E-state index is 0.229. The summed E-state index contributed by atoms with van der Waals surface area (Å²) in [7, 11) is 0. The van der Waals surface area contributed by atoms with Crippen LogP contribution in [0.5, 0.6) is 5.75 Å². The topological polar surface area (TPSA) is 50.4 Å². The number of carbonyl (C=O) groups is 1. The van der Waals surface area contributed by atoms with Gasteiger partial charge in [-0.25, -0.2) is 0 Å². The lowest BCUT2D eigenvalue weighted by molar-refractivity contribution is 0.0976. The molecule has 2 N–H and O–H groups in total. The molecule has 1 aromatic rings. The van der Waals surface area contributed by atoms with E-state index in [4.69, 9.17) is 17.0 Å². The van der Waals surface area contributed by atoms with Gasteiger partial charge in [0.1, 0.15) is 5.75 Å². The van der Waals surface area contributed by atoms with E-state index in [1.54, 1.807) is 18.2 Å². The average Bonchev–Trinajstić information content (AvgIpc) is 2.57. The zero-order valence-corrected chi connectivity index (χ0v) is 16.3. The Bertz CT molecular complexity index is 631. The molecule has 0 saturated carbocycles. The second kappa shape index (κ2) is 9.79. The van der Waals surface area contributed by atoms with Gasteiger partial charge in [0.2, 0.25) is 0 Å². The van der Waals surface area contributed by atoms with E-state index in [9.17, 15) is 4.79 Å². The van der Waals surface area contributed by atoms with Gasteiger partial charge in [-0.1, -0.05) is 11.6 Å². The van der Waals surface area contributed by atoms with E-state index >= 15 is 0 Å². The van der Waals surface area contributed by atoms with Gasteiger partial charge in [-0.3, -0.25) is 10.1 Å². The van der Waals surface area contributed by atoms with Crippen molar-refractivity contribution in [3.05, 3.63) is 39.9 Å². The molecule has 24 heavy (non-hydrogen) atoms. The maximum absolute atomic E-state index is 12.2. The number of nitrogens with one attached hydrogen (secondary N) is 2. The maximum Gasteiger partial charge on any atom is 0.257 e. The third-order valence-corrected chi connectivity index (χ3v) is 4.70. The van der Waals surface area contributed by atoms with Crippen molar-refractivity contribution in [2.45, 2.75) is 39.0 Å². The van der Waals surface area contributed by atoms with Gasteiger partial charge in [0.15, 0.2) is 5.11 Å². The fourth-order valence-corrected chi connectivity index (χ4v) is 3.29. The van der Waals surface area contributed by atoms with Gasteiger partial charge < -0.3 is 10.1 Å². The summed E-state index contributed by atoms with van der Waals surface area (Å²) < 4.78 is 6.19. The summed E-state index contributed by atoms with van der Waals surface area (Å²) in [6.45, 7) is 3.24. The van der Waals surface area contributed by atoms with E-state index in [2.05, 4.69) is 32.6 Å². The van der Waals surface area contributed by atoms with Crippen LogP contribution < -0.4 is 15.4 Å². The van der Waals surface area contributed by atoms with Crippen molar-refractivity contribution in [2.24, 2.45) is 0 Å². The molecule has 0 bridgehead atoms. The second-order valence-electron chi connectivity index (χ2n) is 5.65. The standard InChI is InChI=1S/C18H23BrN2O2S/c1-2-23-16-9-8-14(12-15(16)19)17(22)21-18(24)20-11-10-13-6-4-3-5-7-13/h6,8-9,12H,2-5,7,10-11H2,1H3,(H2,20,21,22,24). The van der Waals surface area contributed by atoms with Crippen LogP contribution in [0.2, 0.25) is 0 Å². The van der Waals surface area contributed by atoms with E-state index in [-0.39, 0.29) is 5.91 Å². The second-order valence-corrected chi connectivity index (χ2v) is 6.91. The van der Waals surface area contributed by atoms with Gasteiger partial charge in [-0.2, -0.15) is 0 Å². The Balaban J connectivity index is 1.79. The molecule has 0 spiro atoms. The van der Waals surface area contributed by atoms with Gasteiger partial charge >= 0.3 is 0 Å². The van der Waals surface area contributed by atoms with Crippen LogP contribution in [0.25, 0.3) is 0 Å². The van der Waals surface area contributed by atoms with Crippen molar-refractivity contribution in [1.29, 1.82) is 0 Å². The van der Waals surface area contributed by atoms with Crippen LogP contribution in [-0.4, -0.2) is 24.2 Å². The van der Waals surface area contributed by atoms with Gasteiger partial charge in [0, 0.05) is 12.1 Å². The number of amides is 1. The van der Waals surface area contributed by atoms with Crippen molar-refractivity contribution < 1.29 is 9.53 Å². The number of allylic oxidation sites excluding steroid dienone is 1. The maximum atomic E-state index is 12.2. The molecule has 1 amide bonds. The Kier molecular flexibility index (Phi) is 7.72. The van der Waals surface area contributed by atoms with Crippen LogP contribution in [0.15, 0.2) is 34.3 Å². The van der Waals surface area contributed by atoms with Crippen molar-refractivity contribution in [1.82, 2.24) is 10.6 Å². The van der Waals surface area contributed by atoms with Crippen LogP contribution in [0.3, 0.4) is 0 Å². The number of ether oxygens (including phenoxy) is 1. The molecule has 0 atom stereocenters. The largest absolute Gasteiger partial charge is 0.493 e. The smallest absolute Gasteiger partial charge is 0.257 e. The van der Waals surface area contributed by atoms with E-state index in [0.717, 1.165) is 23.2 Å². The van der Waals surface area contributed by atoms with Crippen molar-refractivity contribution in [3.63, 3.8) is 0 Å². The predicted molar refractivity (Wildman–Crippen MR) is 105 cm³/mol. The molecule has 0 aliphatic heterocycles. The molecule has 1 aliphatic rings. The lowest BCUT2D eigenvalue weighted by Gasteiger charge is -2.14. The molecule has 6 heteroatoms. The molecular weight excluding hydrogens is 388 g/mol. The fraction of sp³-hybridized carbons (Fsp3) is 0.444. The van der Waals surface area contributed by atoms with Crippen LogP contribution in [0.1, 0.15) is 49.4 Å². The SMILES string of the molecule is CCOc1ccc(C(=O)NC(=S)NCCC2=CCCCC2)cc1Br. The van der Waals surface area contributed by atoms with Gasteiger partial charge in [-0.05, 0) is 85.4 Å². The molecule has 0 heterocycles. The predicted octanol–water partition coefficient (Wildman–Crippen LogP) is 4.34. The van der Waals surface area contributed by atoms with Crippen LogP contribution in [0, 0.1) is 0 Å². The number of carbonyl (C=O) groups excluding carboxylic acids is 1. The molecule has 4 nitrogen and oxygen atoms in total. The lowest BCUT2D eigenvalue weighted by Crippen LogP contribution is -2.39. The Hall–Kier alpha value is -1.40. The number of benzene rings is 1. The highest BCUT2D eigenvalue weighted by Gasteiger charge is 2.11. The third kappa shape index (κ3) is 5.91. The molecule has 2 rings (SSSR count). The number of halogens is 1. The molecule has 0 aromatic heterocycles. The first-order chi connectivity index (χ1) is 11.6. The first-order valence-electron chi connectivity index (χ1n) is 8.29. The molecule has 0 radical (unpaired) electrons. The minimum Gasteiger partial charge on any atom is -0.493 e. The highest BCUT2D eigenvalue weighted by molar-refractivity contribution is 9.10. The van der Waals surface area contributed by atoms with Gasteiger partial charge in [-0.15, -0.1) is 0 Å². The van der Waals surface area contributed by atoms with Crippen molar-refractivity contribution in [2.75, 3.05) is 13.2 Å². The molecule has 0 unspecified atom stereocenters. The molecule has 0 saturated heterocycles. The Labute approximate surface area is 157 Å². The van der Waals surface area contributed by atoms with Crippen LogP contribution in [-0.2, 0) is 0 Å². The third-order valence-electron chi connectivity index (χ3n) is 3.84. The molecular formula is C18H23BrN2O2S. The highest BCUT2D eigenvalue weighted by Crippen LogP contribution is 2.26. The molecule has 130 valence electrons. The normalized spacial score (nSPS) is 13.8. The summed E-state index contributed by atoms with van der Waals surface area (Å²) >= 11 is 8.61. The van der Waals surface area contributed by atoms with Crippen LogP contribution in [0.4, 0.5) is 0 Å². The highest BCUT2D eigenvalue weighted by atomic mass is 79.9. The monoisotopic (exact) mass is 410 g/mol. The summed E-state index contributed by atoms with van der Waals surface area (Å²) in [5.41, 5.74) is 2.02. The van der Waals surface area contributed by atoms with E-state index in [1.807, 2.05) is 6.92 Å². The first kappa shape index (κ1) is 18.9. The quantitative estimate of drug-likeness (QED) is 0.540. The fourth-order valence-electron chi connectivity index (χ4n) is 2.60. The Morgan fingerprint density at radius 3 is 2.88 bits per heavy atom. The summed E-state index contributed by atoms with van der Waals surface area (Å²) in [5, 5.41) is 6.17. The summed E-state index contributed by atoms with van der Waals surface area (Å²) in [5.74, 6) is 0.489. The average molecular weight is 411 g/mol. The van der Waals surface area contributed by atoms with E-state index in [0.29, 0.717) is 17.3 Å². The number of hydrogen-bond acceptors (Lipinski definition) is 3. The van der Waals surface area contributed by atoms with Crippen LogP contribution >= 0.6 is 28.1 Å². The van der Waals surface area contributed by atoms with Crippen molar-refractivity contribution in [3.8, 4) is 5.75 Å². The molecule has 1 aromatic carbocycles. The van der Waals surface area contributed by atoms with Crippen molar-refractivity contribution >= 4 is 39.2 Å². The first-order valence-corrected chi connectivity index (χ1v) is 9.49. The van der Waals surface area contributed by atoms with Gasteiger partial charge in [0.05, 0.1) is 11.1 Å². The van der Waals surface area contributed by atoms with E-state index in [1.165, 1.54) is 31.3 Å². The minimum atomic E-state index is -0.229.